The maximum absolute atomic E-state index is 13.7. The predicted molar refractivity (Wildman–Crippen MR) is 59.5 cm³/mol. The number of rotatable bonds is 2. The van der Waals surface area contributed by atoms with E-state index in [4.69, 9.17) is 10.5 Å². The molecule has 0 fully saturated rings. The lowest BCUT2D eigenvalue weighted by Crippen LogP contribution is -1.99. The summed E-state index contributed by atoms with van der Waals surface area (Å²) < 4.78 is 33.1. The second kappa shape index (κ2) is 4.04. The summed E-state index contributed by atoms with van der Waals surface area (Å²) in [6.07, 6.45) is 1.42. The molecular formula is C11H11F2N3O. The molecule has 0 bridgehead atoms. The second-order valence-corrected chi connectivity index (χ2v) is 3.53. The van der Waals surface area contributed by atoms with Crippen LogP contribution in [-0.2, 0) is 7.05 Å². The standard InChI is InChI=1S/C11H11F2N3O/c1-16-11(14)7(5-15-16)6-3-10(17-2)9(13)4-8(6)12/h3-5H,14H2,1-2H3. The number of benzene rings is 1. The monoisotopic (exact) mass is 239 g/mol. The first-order valence-electron chi connectivity index (χ1n) is 4.85. The van der Waals surface area contributed by atoms with Crippen LogP contribution in [0.2, 0.25) is 0 Å². The Balaban J connectivity index is 2.63. The van der Waals surface area contributed by atoms with Crippen molar-refractivity contribution in [2.75, 3.05) is 12.8 Å². The predicted octanol–water partition coefficient (Wildman–Crippen LogP) is 1.96. The molecule has 0 aliphatic heterocycles. The molecule has 0 amide bonds. The molecule has 0 aliphatic carbocycles. The van der Waals surface area contributed by atoms with Gasteiger partial charge < -0.3 is 10.5 Å². The zero-order chi connectivity index (χ0) is 12.6. The van der Waals surface area contributed by atoms with Crippen molar-refractivity contribution in [2.24, 2.45) is 7.05 Å². The molecular weight excluding hydrogens is 228 g/mol. The fourth-order valence-corrected chi connectivity index (χ4v) is 1.55. The Morgan fingerprint density at radius 3 is 2.47 bits per heavy atom. The molecule has 0 saturated carbocycles. The van der Waals surface area contributed by atoms with E-state index in [0.717, 1.165) is 6.07 Å². The number of ether oxygens (including phenoxy) is 1. The summed E-state index contributed by atoms with van der Waals surface area (Å²) in [6, 6.07) is 2.03. The van der Waals surface area contributed by atoms with Gasteiger partial charge in [0.1, 0.15) is 11.6 Å². The third-order valence-electron chi connectivity index (χ3n) is 2.52. The Hall–Kier alpha value is -2.11. The Kier molecular flexibility index (Phi) is 2.71. The molecule has 17 heavy (non-hydrogen) atoms. The lowest BCUT2D eigenvalue weighted by Gasteiger charge is -2.07. The van der Waals surface area contributed by atoms with Crippen LogP contribution in [0.5, 0.6) is 5.75 Å². The Morgan fingerprint density at radius 1 is 1.24 bits per heavy atom. The minimum absolute atomic E-state index is 0.0374. The molecule has 2 N–H and O–H groups in total. The third-order valence-corrected chi connectivity index (χ3v) is 2.52. The van der Waals surface area contributed by atoms with Crippen LogP contribution in [0.25, 0.3) is 11.1 Å². The number of anilines is 1. The van der Waals surface area contributed by atoms with Gasteiger partial charge in [0.25, 0.3) is 0 Å². The summed E-state index contributed by atoms with van der Waals surface area (Å²) in [6.45, 7) is 0. The van der Waals surface area contributed by atoms with Crippen molar-refractivity contribution in [1.29, 1.82) is 0 Å². The van der Waals surface area contributed by atoms with E-state index in [1.807, 2.05) is 0 Å². The highest BCUT2D eigenvalue weighted by molar-refractivity contribution is 5.75. The summed E-state index contributed by atoms with van der Waals surface area (Å²) >= 11 is 0. The lowest BCUT2D eigenvalue weighted by atomic mass is 10.1. The van der Waals surface area contributed by atoms with Gasteiger partial charge in [0.2, 0.25) is 0 Å². The molecule has 0 spiro atoms. The zero-order valence-electron chi connectivity index (χ0n) is 9.37. The SMILES string of the molecule is COc1cc(-c2cnn(C)c2N)c(F)cc1F. The molecule has 0 atom stereocenters. The minimum Gasteiger partial charge on any atom is -0.494 e. The maximum Gasteiger partial charge on any atom is 0.168 e. The van der Waals surface area contributed by atoms with Crippen molar-refractivity contribution in [1.82, 2.24) is 9.78 Å². The van der Waals surface area contributed by atoms with Crippen molar-refractivity contribution in [2.45, 2.75) is 0 Å². The number of aromatic nitrogens is 2. The molecule has 2 aromatic rings. The van der Waals surface area contributed by atoms with E-state index in [0.29, 0.717) is 11.4 Å². The Labute approximate surface area is 96.6 Å². The fraction of sp³-hybridized carbons (Fsp3) is 0.182. The molecule has 1 aromatic carbocycles. The van der Waals surface area contributed by atoms with E-state index < -0.39 is 11.6 Å². The van der Waals surface area contributed by atoms with Gasteiger partial charge in [0, 0.05) is 24.2 Å². The molecule has 1 heterocycles. The molecule has 0 unspecified atom stereocenters. The average molecular weight is 239 g/mol. The van der Waals surface area contributed by atoms with E-state index in [2.05, 4.69) is 5.10 Å². The molecule has 0 saturated heterocycles. The third kappa shape index (κ3) is 1.82. The van der Waals surface area contributed by atoms with E-state index >= 15 is 0 Å². The molecule has 2 rings (SSSR count). The van der Waals surface area contributed by atoms with Crippen LogP contribution in [-0.4, -0.2) is 16.9 Å². The van der Waals surface area contributed by atoms with Crippen molar-refractivity contribution >= 4 is 5.82 Å². The highest BCUT2D eigenvalue weighted by Gasteiger charge is 2.16. The normalized spacial score (nSPS) is 10.6. The van der Waals surface area contributed by atoms with Gasteiger partial charge in [-0.05, 0) is 6.07 Å². The summed E-state index contributed by atoms with van der Waals surface area (Å²) in [5.41, 5.74) is 6.30. The summed E-state index contributed by atoms with van der Waals surface area (Å²) in [7, 11) is 2.95. The van der Waals surface area contributed by atoms with Crippen molar-refractivity contribution in [3.05, 3.63) is 30.0 Å². The highest BCUT2D eigenvalue weighted by Crippen LogP contribution is 2.32. The van der Waals surface area contributed by atoms with Crippen LogP contribution < -0.4 is 10.5 Å². The van der Waals surface area contributed by atoms with Crippen LogP contribution in [0.3, 0.4) is 0 Å². The minimum atomic E-state index is -0.754. The number of methoxy groups -OCH3 is 1. The smallest absolute Gasteiger partial charge is 0.168 e. The van der Waals surface area contributed by atoms with Crippen molar-refractivity contribution in [3.8, 4) is 16.9 Å². The summed E-state index contributed by atoms with van der Waals surface area (Å²) in [5.74, 6) is -1.19. The van der Waals surface area contributed by atoms with E-state index in [9.17, 15) is 8.78 Å². The quantitative estimate of drug-likeness (QED) is 0.871. The number of hydrogen-bond acceptors (Lipinski definition) is 3. The van der Waals surface area contributed by atoms with Gasteiger partial charge in [-0.1, -0.05) is 0 Å². The van der Waals surface area contributed by atoms with Gasteiger partial charge >= 0.3 is 0 Å². The number of halogens is 2. The van der Waals surface area contributed by atoms with Gasteiger partial charge in [0.05, 0.1) is 13.3 Å². The first-order chi connectivity index (χ1) is 8.04. The average Bonchev–Trinajstić information content (AvgIpc) is 2.61. The van der Waals surface area contributed by atoms with Gasteiger partial charge in [-0.25, -0.2) is 8.78 Å². The van der Waals surface area contributed by atoms with E-state index in [1.54, 1.807) is 7.05 Å². The van der Waals surface area contributed by atoms with E-state index in [-0.39, 0.29) is 11.3 Å². The number of hydrogen-bond donors (Lipinski definition) is 1. The Morgan fingerprint density at radius 2 is 1.94 bits per heavy atom. The van der Waals surface area contributed by atoms with Gasteiger partial charge in [-0.15, -0.1) is 0 Å². The van der Waals surface area contributed by atoms with Gasteiger partial charge in [-0.3, -0.25) is 4.68 Å². The number of nitrogen functional groups attached to an aromatic ring is 1. The van der Waals surface area contributed by atoms with Gasteiger partial charge in [0.15, 0.2) is 11.6 Å². The van der Waals surface area contributed by atoms with Crippen molar-refractivity contribution in [3.63, 3.8) is 0 Å². The molecule has 1 aromatic heterocycles. The van der Waals surface area contributed by atoms with Crippen LogP contribution >= 0.6 is 0 Å². The molecule has 4 nitrogen and oxygen atoms in total. The number of nitrogens with zero attached hydrogens (tertiary/aromatic N) is 2. The van der Waals surface area contributed by atoms with Crippen LogP contribution in [0, 0.1) is 11.6 Å². The molecule has 6 heteroatoms. The zero-order valence-corrected chi connectivity index (χ0v) is 9.37. The van der Waals surface area contributed by atoms with Gasteiger partial charge in [-0.2, -0.15) is 5.10 Å². The molecule has 0 radical (unpaired) electrons. The number of nitrogens with two attached hydrogens (primary N) is 1. The topological polar surface area (TPSA) is 53.1 Å². The lowest BCUT2D eigenvalue weighted by molar-refractivity contribution is 0.384. The molecule has 90 valence electrons. The first-order valence-corrected chi connectivity index (χ1v) is 4.85. The van der Waals surface area contributed by atoms with E-state index in [1.165, 1.54) is 24.1 Å². The number of aryl methyl sites for hydroxylation is 1. The summed E-state index contributed by atoms with van der Waals surface area (Å²) in [5, 5.41) is 3.90. The fourth-order valence-electron chi connectivity index (χ4n) is 1.55. The van der Waals surface area contributed by atoms with Crippen LogP contribution in [0.15, 0.2) is 18.3 Å². The molecule has 0 aliphatic rings. The summed E-state index contributed by atoms with van der Waals surface area (Å²) in [4.78, 5) is 0. The first kappa shape index (κ1) is 11.4. The van der Waals surface area contributed by atoms with Crippen molar-refractivity contribution < 1.29 is 13.5 Å². The van der Waals surface area contributed by atoms with Crippen LogP contribution in [0.1, 0.15) is 0 Å². The second-order valence-electron chi connectivity index (χ2n) is 3.53. The largest absolute Gasteiger partial charge is 0.494 e. The highest BCUT2D eigenvalue weighted by atomic mass is 19.1. The maximum atomic E-state index is 13.7. The Bertz CT molecular complexity index is 566. The van der Waals surface area contributed by atoms with Crippen LogP contribution in [0.4, 0.5) is 14.6 Å².